The van der Waals surface area contributed by atoms with Crippen LogP contribution in [0.25, 0.3) is 0 Å². The Morgan fingerprint density at radius 3 is 2.75 bits per heavy atom. The number of sulfonamides is 1. The average molecular weight is 270 g/mol. The second-order valence-electron chi connectivity index (χ2n) is 4.49. The second kappa shape index (κ2) is 6.19. The van der Waals surface area contributed by atoms with E-state index in [4.69, 9.17) is 16.3 Å². The van der Waals surface area contributed by atoms with Crippen molar-refractivity contribution in [2.45, 2.75) is 26.3 Å². The molecular weight excluding hydrogens is 250 g/mol. The number of morpholine rings is 1. The fourth-order valence-electron chi connectivity index (χ4n) is 1.63. The maximum atomic E-state index is 12.1. The molecule has 1 unspecified atom stereocenters. The van der Waals surface area contributed by atoms with E-state index in [1.54, 1.807) is 0 Å². The van der Waals surface area contributed by atoms with Crippen molar-refractivity contribution in [1.29, 1.82) is 0 Å². The largest absolute Gasteiger partial charge is 0.378 e. The molecule has 1 aliphatic rings. The summed E-state index contributed by atoms with van der Waals surface area (Å²) in [5.74, 6) is 0.893. The van der Waals surface area contributed by atoms with Crippen LogP contribution in [0.3, 0.4) is 0 Å². The Balaban J connectivity index is 2.64. The quantitative estimate of drug-likeness (QED) is 0.707. The van der Waals surface area contributed by atoms with E-state index >= 15 is 0 Å². The van der Waals surface area contributed by atoms with Crippen LogP contribution in [-0.4, -0.2) is 50.2 Å². The minimum absolute atomic E-state index is 0.201. The van der Waals surface area contributed by atoms with Gasteiger partial charge in [-0.15, -0.1) is 11.6 Å². The third-order valence-electron chi connectivity index (χ3n) is 2.66. The van der Waals surface area contributed by atoms with Crippen molar-refractivity contribution in [3.05, 3.63) is 0 Å². The SMILES string of the molecule is CC(C)CCS(=O)(=O)N1CCOCC1CCl. The predicted octanol–water partition coefficient (Wildman–Crippen LogP) is 1.30. The highest BCUT2D eigenvalue weighted by Crippen LogP contribution is 2.16. The Morgan fingerprint density at radius 2 is 2.19 bits per heavy atom. The highest BCUT2D eigenvalue weighted by atomic mass is 35.5. The Bertz CT molecular complexity index is 305. The zero-order valence-corrected chi connectivity index (χ0v) is 11.4. The van der Waals surface area contributed by atoms with Gasteiger partial charge in [-0.1, -0.05) is 13.8 Å². The molecule has 1 rings (SSSR count). The van der Waals surface area contributed by atoms with Gasteiger partial charge in [0.25, 0.3) is 0 Å². The van der Waals surface area contributed by atoms with E-state index in [1.807, 2.05) is 13.8 Å². The summed E-state index contributed by atoms with van der Waals surface area (Å²) in [6.45, 7) is 5.35. The van der Waals surface area contributed by atoms with E-state index < -0.39 is 10.0 Å². The first-order chi connectivity index (χ1) is 7.47. The van der Waals surface area contributed by atoms with E-state index in [0.29, 0.717) is 38.0 Å². The molecule has 1 heterocycles. The van der Waals surface area contributed by atoms with Crippen molar-refractivity contribution in [2.75, 3.05) is 31.4 Å². The summed E-state index contributed by atoms with van der Waals surface area (Å²) in [5.41, 5.74) is 0. The van der Waals surface area contributed by atoms with Gasteiger partial charge in [-0.05, 0) is 12.3 Å². The van der Waals surface area contributed by atoms with E-state index in [9.17, 15) is 8.42 Å². The summed E-state index contributed by atoms with van der Waals surface area (Å²) in [4.78, 5) is 0. The number of halogens is 1. The summed E-state index contributed by atoms with van der Waals surface area (Å²) >= 11 is 5.76. The fourth-order valence-corrected chi connectivity index (χ4v) is 3.91. The highest BCUT2D eigenvalue weighted by molar-refractivity contribution is 7.89. The number of ether oxygens (including phenoxy) is 1. The third kappa shape index (κ3) is 3.87. The third-order valence-corrected chi connectivity index (χ3v) is 4.97. The van der Waals surface area contributed by atoms with Crippen LogP contribution < -0.4 is 0 Å². The molecule has 0 saturated carbocycles. The van der Waals surface area contributed by atoms with Gasteiger partial charge in [0.1, 0.15) is 0 Å². The van der Waals surface area contributed by atoms with Gasteiger partial charge in [-0.3, -0.25) is 0 Å². The predicted molar refractivity (Wildman–Crippen MR) is 65.3 cm³/mol. The molecule has 1 fully saturated rings. The van der Waals surface area contributed by atoms with Crippen molar-refractivity contribution in [1.82, 2.24) is 4.31 Å². The topological polar surface area (TPSA) is 46.6 Å². The molecule has 0 aromatic rings. The Labute approximate surface area is 103 Å². The molecule has 0 spiro atoms. The lowest BCUT2D eigenvalue weighted by molar-refractivity contribution is 0.0404. The van der Waals surface area contributed by atoms with Crippen molar-refractivity contribution in [3.8, 4) is 0 Å². The lowest BCUT2D eigenvalue weighted by Gasteiger charge is -2.33. The van der Waals surface area contributed by atoms with Crippen molar-refractivity contribution < 1.29 is 13.2 Å². The molecule has 0 N–H and O–H groups in total. The van der Waals surface area contributed by atoms with E-state index in [-0.39, 0.29) is 11.8 Å². The standard InChI is InChI=1S/C10H20ClNO3S/c1-9(2)3-6-16(13,14)12-4-5-15-8-10(12)7-11/h9-10H,3-8H2,1-2H3. The van der Waals surface area contributed by atoms with Gasteiger partial charge in [0.15, 0.2) is 0 Å². The molecule has 1 saturated heterocycles. The first kappa shape index (κ1) is 14.2. The molecule has 1 atom stereocenters. The lowest BCUT2D eigenvalue weighted by atomic mass is 10.2. The Hall–Kier alpha value is 0.160. The number of hydrogen-bond acceptors (Lipinski definition) is 3. The minimum Gasteiger partial charge on any atom is -0.378 e. The average Bonchev–Trinajstić information content (AvgIpc) is 2.26. The molecule has 0 bridgehead atoms. The number of hydrogen-bond donors (Lipinski definition) is 0. The van der Waals surface area contributed by atoms with Crippen LogP contribution in [0.2, 0.25) is 0 Å². The summed E-state index contributed by atoms with van der Waals surface area (Å²) in [5, 5.41) is 0. The van der Waals surface area contributed by atoms with Gasteiger partial charge in [0.2, 0.25) is 10.0 Å². The second-order valence-corrected chi connectivity index (χ2v) is 6.84. The zero-order valence-electron chi connectivity index (χ0n) is 9.86. The van der Waals surface area contributed by atoms with Crippen LogP contribution in [0.4, 0.5) is 0 Å². The molecule has 4 nitrogen and oxygen atoms in total. The van der Waals surface area contributed by atoms with Gasteiger partial charge in [0.05, 0.1) is 25.0 Å². The monoisotopic (exact) mass is 269 g/mol. The number of alkyl halides is 1. The summed E-state index contributed by atoms with van der Waals surface area (Å²) in [7, 11) is -3.17. The minimum atomic E-state index is -3.17. The normalized spacial score (nSPS) is 23.9. The van der Waals surface area contributed by atoms with Crippen LogP contribution in [0, 0.1) is 5.92 Å². The van der Waals surface area contributed by atoms with E-state index in [2.05, 4.69) is 0 Å². The van der Waals surface area contributed by atoms with E-state index in [1.165, 1.54) is 4.31 Å². The summed E-state index contributed by atoms with van der Waals surface area (Å²) in [6.07, 6.45) is 0.689. The van der Waals surface area contributed by atoms with Crippen LogP contribution >= 0.6 is 11.6 Å². The highest BCUT2D eigenvalue weighted by Gasteiger charge is 2.31. The lowest BCUT2D eigenvalue weighted by Crippen LogP contribution is -2.50. The van der Waals surface area contributed by atoms with Crippen LogP contribution in [0.1, 0.15) is 20.3 Å². The van der Waals surface area contributed by atoms with Gasteiger partial charge in [0, 0.05) is 12.4 Å². The summed E-state index contributed by atoms with van der Waals surface area (Å²) in [6, 6.07) is -0.201. The van der Waals surface area contributed by atoms with Crippen LogP contribution in [0.15, 0.2) is 0 Å². The first-order valence-corrected chi connectivity index (χ1v) is 7.75. The Morgan fingerprint density at radius 1 is 1.50 bits per heavy atom. The summed E-state index contributed by atoms with van der Waals surface area (Å²) < 4.78 is 30.9. The molecule has 0 amide bonds. The van der Waals surface area contributed by atoms with Crippen molar-refractivity contribution >= 4 is 21.6 Å². The molecule has 0 aliphatic carbocycles. The van der Waals surface area contributed by atoms with Crippen LogP contribution in [-0.2, 0) is 14.8 Å². The fraction of sp³-hybridized carbons (Fsp3) is 1.00. The van der Waals surface area contributed by atoms with E-state index in [0.717, 1.165) is 0 Å². The molecule has 0 radical (unpaired) electrons. The Kier molecular flexibility index (Phi) is 5.50. The molecule has 0 aromatic carbocycles. The van der Waals surface area contributed by atoms with Crippen LogP contribution in [0.5, 0.6) is 0 Å². The van der Waals surface area contributed by atoms with Gasteiger partial charge in [-0.25, -0.2) is 8.42 Å². The molecule has 1 aliphatic heterocycles. The van der Waals surface area contributed by atoms with Gasteiger partial charge in [-0.2, -0.15) is 4.31 Å². The molecule has 6 heteroatoms. The molecule has 0 aromatic heterocycles. The van der Waals surface area contributed by atoms with Crippen molar-refractivity contribution in [3.63, 3.8) is 0 Å². The molecular formula is C10H20ClNO3S. The zero-order chi connectivity index (χ0) is 12.2. The first-order valence-electron chi connectivity index (χ1n) is 5.60. The number of rotatable bonds is 5. The maximum Gasteiger partial charge on any atom is 0.214 e. The number of nitrogens with zero attached hydrogens (tertiary/aromatic N) is 1. The maximum absolute atomic E-state index is 12.1. The van der Waals surface area contributed by atoms with Crippen molar-refractivity contribution in [2.24, 2.45) is 5.92 Å². The smallest absolute Gasteiger partial charge is 0.214 e. The van der Waals surface area contributed by atoms with Gasteiger partial charge < -0.3 is 4.74 Å². The molecule has 16 heavy (non-hydrogen) atoms. The van der Waals surface area contributed by atoms with Gasteiger partial charge >= 0.3 is 0 Å². The molecule has 96 valence electrons.